The first kappa shape index (κ1) is 13.3. The highest BCUT2D eigenvalue weighted by Gasteiger charge is 2.01. The number of benzene rings is 1. The second-order valence-corrected chi connectivity index (χ2v) is 4.97. The van der Waals surface area contributed by atoms with Crippen LogP contribution in [0.3, 0.4) is 0 Å². The summed E-state index contributed by atoms with van der Waals surface area (Å²) >= 11 is 0. The molecule has 100 valence electrons. The predicted octanol–water partition coefficient (Wildman–Crippen LogP) is 3.46. The molecule has 0 aliphatic rings. The van der Waals surface area contributed by atoms with Crippen molar-refractivity contribution >= 4 is 17.3 Å². The van der Waals surface area contributed by atoms with E-state index in [1.165, 1.54) is 5.56 Å². The topological polar surface area (TPSA) is 49.8 Å². The summed E-state index contributed by atoms with van der Waals surface area (Å²) in [7, 11) is 1.90. The maximum absolute atomic E-state index is 4.34. The number of nitrogens with one attached hydrogen (secondary N) is 2. The molecule has 0 amide bonds. The molecule has 1 aromatic carbocycles. The van der Waals surface area contributed by atoms with Crippen molar-refractivity contribution in [2.24, 2.45) is 5.92 Å². The van der Waals surface area contributed by atoms with Crippen LogP contribution in [-0.2, 0) is 6.42 Å². The van der Waals surface area contributed by atoms with Crippen LogP contribution in [0.1, 0.15) is 19.4 Å². The van der Waals surface area contributed by atoms with Gasteiger partial charge in [-0.3, -0.25) is 0 Å². The van der Waals surface area contributed by atoms with E-state index in [-0.39, 0.29) is 0 Å². The molecule has 1 aromatic heterocycles. The number of anilines is 3. The van der Waals surface area contributed by atoms with Gasteiger partial charge in [-0.1, -0.05) is 19.9 Å². The first-order valence-corrected chi connectivity index (χ1v) is 6.53. The van der Waals surface area contributed by atoms with E-state index >= 15 is 0 Å². The Hall–Kier alpha value is -2.10. The van der Waals surface area contributed by atoms with E-state index in [0.29, 0.717) is 11.9 Å². The summed E-state index contributed by atoms with van der Waals surface area (Å²) in [6.07, 6.45) is 4.78. The van der Waals surface area contributed by atoms with Crippen LogP contribution in [0.15, 0.2) is 36.7 Å². The van der Waals surface area contributed by atoms with Gasteiger partial charge in [0.25, 0.3) is 0 Å². The summed E-state index contributed by atoms with van der Waals surface area (Å²) in [6, 6.07) is 8.01. The fourth-order valence-corrected chi connectivity index (χ4v) is 1.88. The average molecular weight is 256 g/mol. The standard InChI is InChI=1S/C15H20N4/c1-11(2)7-12-9-17-15(18-10-12)19-14-6-4-5-13(8-14)16-3/h4-6,8-11,16H,7H2,1-3H3,(H,17,18,19). The molecule has 0 saturated carbocycles. The van der Waals surface area contributed by atoms with Gasteiger partial charge >= 0.3 is 0 Å². The minimum absolute atomic E-state index is 0.620. The van der Waals surface area contributed by atoms with Gasteiger partial charge < -0.3 is 10.6 Å². The number of rotatable bonds is 5. The Morgan fingerprint density at radius 3 is 2.42 bits per heavy atom. The zero-order valence-corrected chi connectivity index (χ0v) is 11.6. The average Bonchev–Trinajstić information content (AvgIpc) is 2.41. The van der Waals surface area contributed by atoms with Crippen molar-refractivity contribution in [2.45, 2.75) is 20.3 Å². The fourth-order valence-electron chi connectivity index (χ4n) is 1.88. The first-order valence-electron chi connectivity index (χ1n) is 6.53. The van der Waals surface area contributed by atoms with Gasteiger partial charge in [0.05, 0.1) is 0 Å². The van der Waals surface area contributed by atoms with Gasteiger partial charge in [0.1, 0.15) is 0 Å². The van der Waals surface area contributed by atoms with Crippen molar-refractivity contribution in [3.8, 4) is 0 Å². The quantitative estimate of drug-likeness (QED) is 0.860. The van der Waals surface area contributed by atoms with Gasteiger partial charge in [-0.05, 0) is 36.1 Å². The van der Waals surface area contributed by atoms with Crippen LogP contribution in [0.25, 0.3) is 0 Å². The Bertz CT molecular complexity index is 520. The molecular weight excluding hydrogens is 236 g/mol. The second-order valence-electron chi connectivity index (χ2n) is 4.97. The summed E-state index contributed by atoms with van der Waals surface area (Å²) in [5.74, 6) is 1.25. The third-order valence-corrected chi connectivity index (χ3v) is 2.76. The Kier molecular flexibility index (Phi) is 4.34. The molecule has 19 heavy (non-hydrogen) atoms. The number of hydrogen-bond donors (Lipinski definition) is 2. The van der Waals surface area contributed by atoms with Crippen molar-refractivity contribution < 1.29 is 0 Å². The summed E-state index contributed by atoms with van der Waals surface area (Å²) in [5.41, 5.74) is 3.20. The molecule has 1 heterocycles. The lowest BCUT2D eigenvalue weighted by molar-refractivity contribution is 0.644. The van der Waals surface area contributed by atoms with Gasteiger partial charge in [0.2, 0.25) is 5.95 Å². The van der Waals surface area contributed by atoms with Crippen molar-refractivity contribution in [1.82, 2.24) is 9.97 Å². The van der Waals surface area contributed by atoms with Crippen LogP contribution in [0.4, 0.5) is 17.3 Å². The zero-order valence-electron chi connectivity index (χ0n) is 11.6. The third kappa shape index (κ3) is 3.95. The van der Waals surface area contributed by atoms with Crippen LogP contribution < -0.4 is 10.6 Å². The number of nitrogens with zero attached hydrogens (tertiary/aromatic N) is 2. The number of aromatic nitrogens is 2. The van der Waals surface area contributed by atoms with Gasteiger partial charge in [-0.2, -0.15) is 0 Å². The Morgan fingerprint density at radius 1 is 1.11 bits per heavy atom. The molecule has 0 spiro atoms. The third-order valence-electron chi connectivity index (χ3n) is 2.76. The highest BCUT2D eigenvalue weighted by Crippen LogP contribution is 2.17. The molecular formula is C15H20N4. The maximum Gasteiger partial charge on any atom is 0.227 e. The molecule has 0 fully saturated rings. The highest BCUT2D eigenvalue weighted by atomic mass is 15.1. The smallest absolute Gasteiger partial charge is 0.227 e. The molecule has 2 N–H and O–H groups in total. The second kappa shape index (κ2) is 6.18. The summed E-state index contributed by atoms with van der Waals surface area (Å²) in [4.78, 5) is 8.68. The summed E-state index contributed by atoms with van der Waals surface area (Å²) < 4.78 is 0. The minimum Gasteiger partial charge on any atom is -0.388 e. The predicted molar refractivity (Wildman–Crippen MR) is 79.8 cm³/mol. The monoisotopic (exact) mass is 256 g/mol. The SMILES string of the molecule is CNc1cccc(Nc2ncc(CC(C)C)cn2)c1. The molecule has 0 atom stereocenters. The van der Waals surface area contributed by atoms with E-state index in [1.807, 2.05) is 43.7 Å². The summed E-state index contributed by atoms with van der Waals surface area (Å²) in [5, 5.41) is 6.30. The van der Waals surface area contributed by atoms with Crippen LogP contribution in [0.2, 0.25) is 0 Å². The van der Waals surface area contributed by atoms with Crippen molar-refractivity contribution in [2.75, 3.05) is 17.7 Å². The lowest BCUT2D eigenvalue weighted by Crippen LogP contribution is -2.00. The molecule has 2 rings (SSSR count). The molecule has 2 aromatic rings. The molecule has 4 nitrogen and oxygen atoms in total. The van der Waals surface area contributed by atoms with Crippen molar-refractivity contribution in [3.05, 3.63) is 42.2 Å². The minimum atomic E-state index is 0.620. The van der Waals surface area contributed by atoms with Gasteiger partial charge in [0.15, 0.2) is 0 Å². The van der Waals surface area contributed by atoms with Crippen molar-refractivity contribution in [1.29, 1.82) is 0 Å². The van der Waals surface area contributed by atoms with E-state index < -0.39 is 0 Å². The Morgan fingerprint density at radius 2 is 1.79 bits per heavy atom. The lowest BCUT2D eigenvalue weighted by Gasteiger charge is -2.08. The number of hydrogen-bond acceptors (Lipinski definition) is 4. The van der Waals surface area contributed by atoms with E-state index in [2.05, 4.69) is 34.4 Å². The van der Waals surface area contributed by atoms with Gasteiger partial charge in [0, 0.05) is 30.8 Å². The molecule has 0 aliphatic heterocycles. The van der Waals surface area contributed by atoms with Gasteiger partial charge in [-0.15, -0.1) is 0 Å². The maximum atomic E-state index is 4.34. The highest BCUT2D eigenvalue weighted by molar-refractivity contribution is 5.60. The fraction of sp³-hybridized carbons (Fsp3) is 0.333. The normalized spacial score (nSPS) is 10.5. The van der Waals surface area contributed by atoms with E-state index in [9.17, 15) is 0 Å². The van der Waals surface area contributed by atoms with Crippen LogP contribution in [0.5, 0.6) is 0 Å². The van der Waals surface area contributed by atoms with Crippen LogP contribution >= 0.6 is 0 Å². The van der Waals surface area contributed by atoms with Gasteiger partial charge in [-0.25, -0.2) is 9.97 Å². The molecule has 0 saturated heterocycles. The Labute approximate surface area is 114 Å². The van der Waals surface area contributed by atoms with Crippen molar-refractivity contribution in [3.63, 3.8) is 0 Å². The largest absolute Gasteiger partial charge is 0.388 e. The Balaban J connectivity index is 2.06. The molecule has 0 unspecified atom stereocenters. The molecule has 0 aliphatic carbocycles. The molecule has 0 bridgehead atoms. The van der Waals surface area contributed by atoms with Crippen LogP contribution in [0, 0.1) is 5.92 Å². The first-order chi connectivity index (χ1) is 9.17. The summed E-state index contributed by atoms with van der Waals surface area (Å²) in [6.45, 7) is 4.38. The van der Waals surface area contributed by atoms with E-state index in [4.69, 9.17) is 0 Å². The zero-order chi connectivity index (χ0) is 13.7. The molecule has 4 heteroatoms. The lowest BCUT2D eigenvalue weighted by atomic mass is 10.1. The molecule has 0 radical (unpaired) electrons. The van der Waals surface area contributed by atoms with E-state index in [0.717, 1.165) is 17.8 Å². The van der Waals surface area contributed by atoms with Crippen LogP contribution in [-0.4, -0.2) is 17.0 Å². The van der Waals surface area contributed by atoms with E-state index in [1.54, 1.807) is 0 Å².